The Morgan fingerprint density at radius 1 is 1.11 bits per heavy atom. The molecule has 28 heavy (non-hydrogen) atoms. The van der Waals surface area contributed by atoms with Gasteiger partial charge in [-0.2, -0.15) is 0 Å². The number of rotatable bonds is 7. The highest BCUT2D eigenvalue weighted by atomic mass is 32.1. The first-order valence-corrected chi connectivity index (χ1v) is 10.8. The first kappa shape index (κ1) is 18.7. The highest BCUT2D eigenvalue weighted by Crippen LogP contribution is 2.29. The maximum absolute atomic E-state index is 12.1. The number of aromatic nitrogens is 1. The van der Waals surface area contributed by atoms with Gasteiger partial charge in [0.1, 0.15) is 5.75 Å². The second kappa shape index (κ2) is 8.54. The highest BCUT2D eigenvalue weighted by Gasteiger charge is 2.07. The van der Waals surface area contributed by atoms with Crippen LogP contribution in [0.1, 0.15) is 9.88 Å². The number of nitrogens with zero attached hydrogens (tertiary/aromatic N) is 1. The minimum absolute atomic E-state index is 0.0200. The third kappa shape index (κ3) is 4.58. The van der Waals surface area contributed by atoms with Crippen LogP contribution in [0, 0.1) is 6.92 Å². The van der Waals surface area contributed by atoms with Crippen LogP contribution in [0.15, 0.2) is 60.0 Å². The summed E-state index contributed by atoms with van der Waals surface area (Å²) >= 11 is 3.38. The second-order valence-corrected chi connectivity index (χ2v) is 8.65. The predicted octanol–water partition coefficient (Wildman–Crippen LogP) is 5.07. The standard InChI is InChI=1S/C22H20N2O2S2/c1-15-24-20(14-27-15)21-9-8-19(28-21)10-11-23-22(25)13-26-18-7-6-16-4-2-3-5-17(16)12-18/h2-9,12,14H,10-11,13H2,1H3,(H,23,25). The number of carbonyl (C=O) groups is 1. The zero-order chi connectivity index (χ0) is 19.3. The van der Waals surface area contributed by atoms with Crippen molar-refractivity contribution in [3.05, 3.63) is 69.9 Å². The van der Waals surface area contributed by atoms with Gasteiger partial charge in [0.25, 0.3) is 5.91 Å². The first-order chi connectivity index (χ1) is 13.7. The molecule has 1 N–H and O–H groups in total. The molecular weight excluding hydrogens is 388 g/mol. The topological polar surface area (TPSA) is 51.2 Å². The number of amides is 1. The molecule has 2 aromatic heterocycles. The highest BCUT2D eigenvalue weighted by molar-refractivity contribution is 7.16. The van der Waals surface area contributed by atoms with E-state index in [1.807, 2.05) is 43.3 Å². The molecular formula is C22H20N2O2S2. The number of carbonyl (C=O) groups excluding carboxylic acids is 1. The molecule has 2 aromatic carbocycles. The van der Waals surface area contributed by atoms with Crippen molar-refractivity contribution in [2.45, 2.75) is 13.3 Å². The molecule has 1 amide bonds. The molecule has 0 atom stereocenters. The zero-order valence-electron chi connectivity index (χ0n) is 15.5. The number of hydrogen-bond donors (Lipinski definition) is 1. The van der Waals surface area contributed by atoms with E-state index in [1.165, 1.54) is 9.75 Å². The van der Waals surface area contributed by atoms with Gasteiger partial charge in [-0.1, -0.05) is 30.3 Å². The van der Waals surface area contributed by atoms with Gasteiger partial charge in [0.2, 0.25) is 0 Å². The van der Waals surface area contributed by atoms with Crippen LogP contribution in [0.25, 0.3) is 21.3 Å². The molecule has 0 aliphatic rings. The van der Waals surface area contributed by atoms with Gasteiger partial charge in [0.15, 0.2) is 6.61 Å². The Morgan fingerprint density at radius 2 is 1.96 bits per heavy atom. The summed E-state index contributed by atoms with van der Waals surface area (Å²) in [5, 5.41) is 8.33. The van der Waals surface area contributed by atoms with Gasteiger partial charge in [-0.15, -0.1) is 22.7 Å². The van der Waals surface area contributed by atoms with Crippen LogP contribution in [0.2, 0.25) is 0 Å². The maximum Gasteiger partial charge on any atom is 0.257 e. The Balaban J connectivity index is 1.24. The van der Waals surface area contributed by atoms with E-state index >= 15 is 0 Å². The largest absolute Gasteiger partial charge is 0.484 e. The molecule has 0 saturated carbocycles. The number of nitrogens with one attached hydrogen (secondary N) is 1. The van der Waals surface area contributed by atoms with Crippen molar-refractivity contribution in [3.63, 3.8) is 0 Å². The predicted molar refractivity (Wildman–Crippen MR) is 116 cm³/mol. The summed E-state index contributed by atoms with van der Waals surface area (Å²) in [4.78, 5) is 19.0. The summed E-state index contributed by atoms with van der Waals surface area (Å²) in [6.07, 6.45) is 0.801. The average Bonchev–Trinajstić information content (AvgIpc) is 3.35. The normalized spacial score (nSPS) is 10.9. The molecule has 0 radical (unpaired) electrons. The lowest BCUT2D eigenvalue weighted by Crippen LogP contribution is -2.30. The van der Waals surface area contributed by atoms with Gasteiger partial charge in [-0.05, 0) is 48.4 Å². The van der Waals surface area contributed by atoms with Crippen LogP contribution < -0.4 is 10.1 Å². The molecule has 4 nitrogen and oxygen atoms in total. The van der Waals surface area contributed by atoms with Crippen molar-refractivity contribution in [1.29, 1.82) is 0 Å². The molecule has 0 fully saturated rings. The molecule has 0 aliphatic heterocycles. The SMILES string of the molecule is Cc1nc(-c2ccc(CCNC(=O)COc3ccc4ccccc4c3)s2)cs1. The molecule has 2 heterocycles. The average molecular weight is 409 g/mol. The molecule has 0 bridgehead atoms. The molecule has 6 heteroatoms. The smallest absolute Gasteiger partial charge is 0.257 e. The number of aryl methyl sites for hydroxylation is 1. The molecule has 0 saturated heterocycles. The van der Waals surface area contributed by atoms with Crippen LogP contribution in [-0.2, 0) is 11.2 Å². The lowest BCUT2D eigenvalue weighted by atomic mass is 10.1. The van der Waals surface area contributed by atoms with Crippen LogP contribution in [0.5, 0.6) is 5.75 Å². The Morgan fingerprint density at radius 3 is 2.79 bits per heavy atom. The van der Waals surface area contributed by atoms with Crippen LogP contribution in [-0.4, -0.2) is 24.0 Å². The molecule has 4 aromatic rings. The summed E-state index contributed by atoms with van der Waals surface area (Å²) in [6, 6.07) is 18.1. The van der Waals surface area contributed by atoms with Gasteiger partial charge in [-0.3, -0.25) is 4.79 Å². The van der Waals surface area contributed by atoms with Crippen LogP contribution in [0.4, 0.5) is 0 Å². The Hall–Kier alpha value is -2.70. The summed E-state index contributed by atoms with van der Waals surface area (Å²) in [5.74, 6) is 0.593. The van der Waals surface area contributed by atoms with Gasteiger partial charge in [-0.25, -0.2) is 4.98 Å². The van der Waals surface area contributed by atoms with Crippen molar-refractivity contribution in [2.24, 2.45) is 0 Å². The number of benzene rings is 2. The van der Waals surface area contributed by atoms with Gasteiger partial charge in [0.05, 0.1) is 15.6 Å². The van der Waals surface area contributed by atoms with E-state index in [9.17, 15) is 4.79 Å². The molecule has 142 valence electrons. The summed E-state index contributed by atoms with van der Waals surface area (Å²) in [6.45, 7) is 2.63. The Kier molecular flexibility index (Phi) is 5.69. The van der Waals surface area contributed by atoms with Gasteiger partial charge in [0, 0.05) is 16.8 Å². The first-order valence-electron chi connectivity index (χ1n) is 9.07. The minimum Gasteiger partial charge on any atom is -0.484 e. The molecule has 0 spiro atoms. The fourth-order valence-electron chi connectivity index (χ4n) is 2.91. The summed E-state index contributed by atoms with van der Waals surface area (Å²) in [5.41, 5.74) is 1.03. The third-order valence-corrected chi connectivity index (χ3v) is 6.26. The van der Waals surface area contributed by atoms with Crippen molar-refractivity contribution < 1.29 is 9.53 Å². The Labute approximate surface area is 171 Å². The fourth-order valence-corrected chi connectivity index (χ4v) is 4.56. The number of hydrogen-bond acceptors (Lipinski definition) is 5. The summed E-state index contributed by atoms with van der Waals surface area (Å²) < 4.78 is 5.63. The number of fused-ring (bicyclic) bond motifs is 1. The second-order valence-electron chi connectivity index (χ2n) is 6.42. The lowest BCUT2D eigenvalue weighted by Gasteiger charge is -2.08. The molecule has 0 aliphatic carbocycles. The fraction of sp³-hybridized carbons (Fsp3) is 0.182. The number of thiazole rings is 1. The van der Waals surface area contributed by atoms with Crippen LogP contribution in [0.3, 0.4) is 0 Å². The van der Waals surface area contributed by atoms with E-state index in [0.29, 0.717) is 12.3 Å². The Bertz CT molecular complexity index is 1100. The number of thiophene rings is 1. The maximum atomic E-state index is 12.1. The van der Waals surface area contributed by atoms with E-state index in [4.69, 9.17) is 4.74 Å². The minimum atomic E-state index is -0.111. The van der Waals surface area contributed by atoms with E-state index < -0.39 is 0 Å². The number of ether oxygens (including phenoxy) is 1. The van der Waals surface area contributed by atoms with Crippen molar-refractivity contribution in [2.75, 3.05) is 13.2 Å². The van der Waals surface area contributed by atoms with E-state index in [-0.39, 0.29) is 12.5 Å². The van der Waals surface area contributed by atoms with Crippen molar-refractivity contribution in [3.8, 4) is 16.3 Å². The molecule has 0 unspecified atom stereocenters. The van der Waals surface area contributed by atoms with Crippen molar-refractivity contribution >= 4 is 39.4 Å². The van der Waals surface area contributed by atoms with Gasteiger partial charge >= 0.3 is 0 Å². The van der Waals surface area contributed by atoms with E-state index in [1.54, 1.807) is 22.7 Å². The lowest BCUT2D eigenvalue weighted by molar-refractivity contribution is -0.123. The van der Waals surface area contributed by atoms with E-state index in [2.05, 4.69) is 33.9 Å². The van der Waals surface area contributed by atoms with Gasteiger partial charge < -0.3 is 10.1 Å². The zero-order valence-corrected chi connectivity index (χ0v) is 17.1. The summed E-state index contributed by atoms with van der Waals surface area (Å²) in [7, 11) is 0. The monoisotopic (exact) mass is 408 g/mol. The van der Waals surface area contributed by atoms with Crippen LogP contribution >= 0.6 is 22.7 Å². The quantitative estimate of drug-likeness (QED) is 0.464. The van der Waals surface area contributed by atoms with E-state index in [0.717, 1.165) is 27.9 Å². The third-order valence-electron chi connectivity index (χ3n) is 4.32. The van der Waals surface area contributed by atoms with Crippen molar-refractivity contribution in [1.82, 2.24) is 10.3 Å². The molecule has 4 rings (SSSR count).